The topological polar surface area (TPSA) is 38.1 Å². The molecular formula is C11H18ClN3O. The van der Waals surface area contributed by atoms with E-state index < -0.39 is 0 Å². The molecule has 0 saturated carbocycles. The Morgan fingerprint density at radius 1 is 1.62 bits per heavy atom. The van der Waals surface area contributed by atoms with Gasteiger partial charge in [-0.1, -0.05) is 0 Å². The summed E-state index contributed by atoms with van der Waals surface area (Å²) >= 11 is 5.85. The van der Waals surface area contributed by atoms with Crippen molar-refractivity contribution in [2.24, 2.45) is 7.05 Å². The van der Waals surface area contributed by atoms with Crippen molar-refractivity contribution in [3.63, 3.8) is 0 Å². The molecule has 1 amide bonds. The molecule has 1 heterocycles. The van der Waals surface area contributed by atoms with Crippen molar-refractivity contribution in [3.8, 4) is 0 Å². The molecule has 0 aliphatic rings. The van der Waals surface area contributed by atoms with Gasteiger partial charge in [-0.15, -0.1) is 11.6 Å². The Hall–Kier alpha value is -1.03. The molecule has 0 aromatic carbocycles. The number of aromatic nitrogens is 2. The van der Waals surface area contributed by atoms with Crippen molar-refractivity contribution >= 4 is 17.5 Å². The van der Waals surface area contributed by atoms with Crippen LogP contribution in [0.15, 0.2) is 6.07 Å². The summed E-state index contributed by atoms with van der Waals surface area (Å²) in [6, 6.07) is 1.78. The molecule has 0 atom stereocenters. The van der Waals surface area contributed by atoms with E-state index in [1.54, 1.807) is 29.7 Å². The lowest BCUT2D eigenvalue weighted by Gasteiger charge is -2.33. The van der Waals surface area contributed by atoms with E-state index >= 15 is 0 Å². The zero-order valence-corrected chi connectivity index (χ0v) is 11.2. The monoisotopic (exact) mass is 243 g/mol. The highest BCUT2D eigenvalue weighted by atomic mass is 35.5. The van der Waals surface area contributed by atoms with E-state index in [2.05, 4.69) is 5.10 Å². The number of nitrogens with zero attached hydrogens (tertiary/aromatic N) is 3. The van der Waals surface area contributed by atoms with Gasteiger partial charge in [0, 0.05) is 20.0 Å². The van der Waals surface area contributed by atoms with Gasteiger partial charge in [0.2, 0.25) is 0 Å². The molecule has 0 N–H and O–H groups in total. The van der Waals surface area contributed by atoms with Crippen LogP contribution in [-0.4, -0.2) is 39.1 Å². The third-order valence-electron chi connectivity index (χ3n) is 2.76. The minimum Gasteiger partial charge on any atom is -0.334 e. The molecule has 0 radical (unpaired) electrons. The van der Waals surface area contributed by atoms with Crippen LogP contribution >= 0.6 is 11.6 Å². The molecule has 0 saturated heterocycles. The van der Waals surface area contributed by atoms with E-state index in [0.29, 0.717) is 11.6 Å². The largest absolute Gasteiger partial charge is 0.334 e. The van der Waals surface area contributed by atoms with Crippen molar-refractivity contribution in [2.45, 2.75) is 26.3 Å². The predicted molar refractivity (Wildman–Crippen MR) is 64.8 cm³/mol. The average Bonchev–Trinajstić information content (AvgIpc) is 2.55. The molecule has 16 heavy (non-hydrogen) atoms. The Kier molecular flexibility index (Phi) is 3.63. The SMILES string of the molecule is Cc1cc(C(=O)N(C)C(C)(C)CCl)n(C)n1. The number of carbonyl (C=O) groups is 1. The molecule has 4 nitrogen and oxygen atoms in total. The van der Waals surface area contributed by atoms with Gasteiger partial charge in [-0.2, -0.15) is 5.10 Å². The number of hydrogen-bond acceptors (Lipinski definition) is 2. The number of alkyl halides is 1. The third kappa shape index (κ3) is 2.38. The number of carbonyl (C=O) groups excluding carboxylic acids is 1. The number of halogens is 1. The van der Waals surface area contributed by atoms with Crippen LogP contribution in [0.5, 0.6) is 0 Å². The molecular weight excluding hydrogens is 226 g/mol. The summed E-state index contributed by atoms with van der Waals surface area (Å²) in [7, 11) is 3.52. The van der Waals surface area contributed by atoms with Crippen molar-refractivity contribution < 1.29 is 4.79 Å². The van der Waals surface area contributed by atoms with Gasteiger partial charge < -0.3 is 4.90 Å². The Labute approximate surface area is 101 Å². The molecule has 1 aromatic heterocycles. The minimum absolute atomic E-state index is 0.0613. The van der Waals surface area contributed by atoms with E-state index in [4.69, 9.17) is 11.6 Å². The molecule has 0 fully saturated rings. The fourth-order valence-electron chi connectivity index (χ4n) is 1.35. The van der Waals surface area contributed by atoms with E-state index in [-0.39, 0.29) is 11.4 Å². The first-order valence-corrected chi connectivity index (χ1v) is 5.68. The lowest BCUT2D eigenvalue weighted by Crippen LogP contribution is -2.46. The average molecular weight is 244 g/mol. The second-order valence-electron chi connectivity index (χ2n) is 4.60. The van der Waals surface area contributed by atoms with Crippen LogP contribution < -0.4 is 0 Å². The second kappa shape index (κ2) is 4.45. The third-order valence-corrected chi connectivity index (χ3v) is 3.41. The van der Waals surface area contributed by atoms with Gasteiger partial charge >= 0.3 is 0 Å². The van der Waals surface area contributed by atoms with Crippen LogP contribution in [0.2, 0.25) is 0 Å². The van der Waals surface area contributed by atoms with E-state index in [0.717, 1.165) is 5.69 Å². The summed E-state index contributed by atoms with van der Waals surface area (Å²) in [6.07, 6.45) is 0. The molecule has 1 rings (SSSR count). The Morgan fingerprint density at radius 2 is 2.19 bits per heavy atom. The summed E-state index contributed by atoms with van der Waals surface area (Å²) in [6.45, 7) is 5.73. The zero-order chi connectivity index (χ0) is 12.5. The predicted octanol–water partition coefficient (Wildman–Crippen LogP) is 1.82. The molecule has 0 spiro atoms. The first kappa shape index (κ1) is 13.0. The van der Waals surface area contributed by atoms with Gasteiger partial charge in [-0.05, 0) is 26.8 Å². The maximum absolute atomic E-state index is 12.2. The second-order valence-corrected chi connectivity index (χ2v) is 4.87. The molecule has 0 bridgehead atoms. The highest BCUT2D eigenvalue weighted by Crippen LogP contribution is 2.17. The van der Waals surface area contributed by atoms with Crippen LogP contribution in [0.4, 0.5) is 0 Å². The van der Waals surface area contributed by atoms with Crippen LogP contribution in [0.25, 0.3) is 0 Å². The maximum Gasteiger partial charge on any atom is 0.272 e. The summed E-state index contributed by atoms with van der Waals surface area (Å²) in [5, 5.41) is 4.16. The van der Waals surface area contributed by atoms with E-state index in [1.807, 2.05) is 20.8 Å². The van der Waals surface area contributed by atoms with Crippen molar-refractivity contribution in [3.05, 3.63) is 17.5 Å². The van der Waals surface area contributed by atoms with Gasteiger partial charge in [-0.3, -0.25) is 9.48 Å². The lowest BCUT2D eigenvalue weighted by molar-refractivity contribution is 0.0649. The smallest absolute Gasteiger partial charge is 0.272 e. The quantitative estimate of drug-likeness (QED) is 0.760. The fourth-order valence-corrected chi connectivity index (χ4v) is 1.53. The maximum atomic E-state index is 12.2. The molecule has 1 aromatic rings. The first-order chi connectivity index (χ1) is 7.29. The molecule has 5 heteroatoms. The normalized spacial score (nSPS) is 11.6. The van der Waals surface area contributed by atoms with Crippen molar-refractivity contribution in [1.82, 2.24) is 14.7 Å². The number of hydrogen-bond donors (Lipinski definition) is 0. The van der Waals surface area contributed by atoms with Crippen LogP contribution in [0.3, 0.4) is 0 Å². The van der Waals surface area contributed by atoms with Crippen LogP contribution in [0.1, 0.15) is 30.0 Å². The zero-order valence-electron chi connectivity index (χ0n) is 10.4. The van der Waals surface area contributed by atoms with E-state index in [1.165, 1.54) is 0 Å². The van der Waals surface area contributed by atoms with E-state index in [9.17, 15) is 4.79 Å². The molecule has 90 valence electrons. The number of aryl methyl sites for hydroxylation is 2. The summed E-state index contributed by atoms with van der Waals surface area (Å²) in [4.78, 5) is 13.8. The lowest BCUT2D eigenvalue weighted by atomic mass is 10.1. The first-order valence-electron chi connectivity index (χ1n) is 5.14. The Morgan fingerprint density at radius 3 is 2.56 bits per heavy atom. The van der Waals surface area contributed by atoms with Gasteiger partial charge in [0.05, 0.1) is 11.2 Å². The summed E-state index contributed by atoms with van der Waals surface area (Å²) in [5.41, 5.74) is 1.05. The van der Waals surface area contributed by atoms with Gasteiger partial charge in [0.1, 0.15) is 5.69 Å². The standard InChI is InChI=1S/C11H18ClN3O/c1-8-6-9(15(5)13-8)10(16)14(4)11(2,3)7-12/h6H,7H2,1-5H3. The van der Waals surface area contributed by atoms with Gasteiger partial charge in [0.15, 0.2) is 0 Å². The van der Waals surface area contributed by atoms with Crippen molar-refractivity contribution in [1.29, 1.82) is 0 Å². The highest BCUT2D eigenvalue weighted by molar-refractivity contribution is 6.18. The minimum atomic E-state index is -0.364. The highest BCUT2D eigenvalue weighted by Gasteiger charge is 2.28. The van der Waals surface area contributed by atoms with Crippen LogP contribution in [-0.2, 0) is 7.05 Å². The molecule has 0 aliphatic carbocycles. The van der Waals surface area contributed by atoms with Gasteiger partial charge in [-0.25, -0.2) is 0 Å². The Bertz CT molecular complexity index is 398. The van der Waals surface area contributed by atoms with Gasteiger partial charge in [0.25, 0.3) is 5.91 Å². The number of amides is 1. The summed E-state index contributed by atoms with van der Waals surface area (Å²) < 4.78 is 1.60. The number of rotatable bonds is 3. The Balaban J connectivity index is 2.99. The molecule has 0 unspecified atom stereocenters. The fraction of sp³-hybridized carbons (Fsp3) is 0.636. The van der Waals surface area contributed by atoms with Crippen LogP contribution in [0, 0.1) is 6.92 Å². The summed E-state index contributed by atoms with van der Waals surface area (Å²) in [5.74, 6) is 0.334. The van der Waals surface area contributed by atoms with Crippen molar-refractivity contribution in [2.75, 3.05) is 12.9 Å². The molecule has 0 aliphatic heterocycles.